The van der Waals surface area contributed by atoms with Crippen molar-refractivity contribution in [1.29, 1.82) is 0 Å². The molecule has 25 heavy (non-hydrogen) atoms. The number of fused-ring (bicyclic) bond motifs is 1. The van der Waals surface area contributed by atoms with E-state index in [1.165, 1.54) is 0 Å². The Balaban J connectivity index is 1.48. The van der Waals surface area contributed by atoms with Gasteiger partial charge in [-0.05, 0) is 24.3 Å². The maximum absolute atomic E-state index is 12.5. The lowest BCUT2D eigenvalue weighted by Gasteiger charge is -2.17. The highest BCUT2D eigenvalue weighted by atomic mass is 35.5. The van der Waals surface area contributed by atoms with Crippen molar-refractivity contribution in [2.45, 2.75) is 6.42 Å². The van der Waals surface area contributed by atoms with Gasteiger partial charge in [-0.1, -0.05) is 11.6 Å². The van der Waals surface area contributed by atoms with E-state index in [-0.39, 0.29) is 30.2 Å². The molecule has 1 fully saturated rings. The SMILES string of the molecule is O=C(Nc1cccnc1Cl)C1CC(=O)N(c2ccc3c(c2)OCO3)C1. The predicted octanol–water partition coefficient (Wildman–Crippen LogP) is 2.46. The lowest BCUT2D eigenvalue weighted by Crippen LogP contribution is -2.28. The number of hydrogen-bond donors (Lipinski definition) is 1. The van der Waals surface area contributed by atoms with Gasteiger partial charge in [0.05, 0.1) is 11.6 Å². The first kappa shape index (κ1) is 15.7. The highest BCUT2D eigenvalue weighted by molar-refractivity contribution is 6.32. The van der Waals surface area contributed by atoms with Gasteiger partial charge in [-0.3, -0.25) is 9.59 Å². The molecule has 2 amide bonds. The van der Waals surface area contributed by atoms with Crippen molar-refractivity contribution in [2.75, 3.05) is 23.6 Å². The fourth-order valence-electron chi connectivity index (χ4n) is 2.90. The van der Waals surface area contributed by atoms with Crippen molar-refractivity contribution in [3.05, 3.63) is 41.7 Å². The first-order chi connectivity index (χ1) is 12.1. The van der Waals surface area contributed by atoms with E-state index >= 15 is 0 Å². The largest absolute Gasteiger partial charge is 0.454 e. The quantitative estimate of drug-likeness (QED) is 0.851. The van der Waals surface area contributed by atoms with Gasteiger partial charge in [0.25, 0.3) is 0 Å². The van der Waals surface area contributed by atoms with Crippen LogP contribution in [0.2, 0.25) is 5.15 Å². The van der Waals surface area contributed by atoms with Crippen LogP contribution in [-0.4, -0.2) is 30.1 Å². The summed E-state index contributed by atoms with van der Waals surface area (Å²) in [4.78, 5) is 30.3. The molecule has 1 aromatic carbocycles. The summed E-state index contributed by atoms with van der Waals surface area (Å²) in [6.07, 6.45) is 1.68. The van der Waals surface area contributed by atoms with Crippen LogP contribution in [0.3, 0.4) is 0 Å². The molecule has 0 aliphatic carbocycles. The molecule has 0 saturated carbocycles. The van der Waals surface area contributed by atoms with Gasteiger partial charge < -0.3 is 19.7 Å². The minimum atomic E-state index is -0.464. The number of hydrogen-bond acceptors (Lipinski definition) is 5. The fourth-order valence-corrected chi connectivity index (χ4v) is 3.07. The molecule has 2 aliphatic heterocycles. The Labute approximate surface area is 148 Å². The monoisotopic (exact) mass is 359 g/mol. The van der Waals surface area contributed by atoms with Crippen LogP contribution in [-0.2, 0) is 9.59 Å². The van der Waals surface area contributed by atoms with Crippen LogP contribution in [0.25, 0.3) is 0 Å². The Bertz CT molecular complexity index is 858. The number of rotatable bonds is 3. The van der Waals surface area contributed by atoms with E-state index in [9.17, 15) is 9.59 Å². The van der Waals surface area contributed by atoms with Crippen LogP contribution in [0.5, 0.6) is 11.5 Å². The van der Waals surface area contributed by atoms with Crippen LogP contribution in [0.15, 0.2) is 36.5 Å². The zero-order valence-electron chi connectivity index (χ0n) is 13.1. The number of amides is 2. The van der Waals surface area contributed by atoms with E-state index in [0.717, 1.165) is 0 Å². The lowest BCUT2D eigenvalue weighted by atomic mass is 10.1. The van der Waals surface area contributed by atoms with Crippen molar-refractivity contribution >= 4 is 34.8 Å². The van der Waals surface area contributed by atoms with E-state index in [2.05, 4.69) is 10.3 Å². The number of pyridine rings is 1. The zero-order valence-corrected chi connectivity index (χ0v) is 13.8. The molecular weight excluding hydrogens is 346 g/mol. The number of benzene rings is 1. The molecule has 3 heterocycles. The van der Waals surface area contributed by atoms with E-state index in [1.807, 2.05) is 0 Å². The van der Waals surface area contributed by atoms with Gasteiger partial charge in [-0.25, -0.2) is 4.98 Å². The van der Waals surface area contributed by atoms with Gasteiger partial charge in [0.2, 0.25) is 18.6 Å². The normalized spacial score (nSPS) is 18.5. The summed E-state index contributed by atoms with van der Waals surface area (Å²) in [5.41, 5.74) is 1.12. The molecular formula is C17H14ClN3O4. The molecule has 7 nitrogen and oxygen atoms in total. The molecule has 0 spiro atoms. The van der Waals surface area contributed by atoms with Crippen LogP contribution < -0.4 is 19.7 Å². The van der Waals surface area contributed by atoms with Crippen molar-refractivity contribution in [1.82, 2.24) is 4.98 Å². The number of carbonyl (C=O) groups is 2. The third kappa shape index (κ3) is 2.98. The van der Waals surface area contributed by atoms with Crippen molar-refractivity contribution in [3.8, 4) is 11.5 Å². The van der Waals surface area contributed by atoms with Crippen LogP contribution >= 0.6 is 11.6 Å². The first-order valence-corrected chi connectivity index (χ1v) is 8.11. The van der Waals surface area contributed by atoms with E-state index in [0.29, 0.717) is 29.4 Å². The molecule has 2 aromatic rings. The van der Waals surface area contributed by atoms with Gasteiger partial charge in [0.1, 0.15) is 0 Å². The van der Waals surface area contributed by atoms with Gasteiger partial charge in [0.15, 0.2) is 16.7 Å². The minimum absolute atomic E-state index is 0.115. The maximum Gasteiger partial charge on any atom is 0.231 e. The Morgan fingerprint density at radius 2 is 2.12 bits per heavy atom. The molecule has 1 aromatic heterocycles. The number of nitrogens with zero attached hydrogens (tertiary/aromatic N) is 2. The molecule has 0 radical (unpaired) electrons. The third-order valence-corrected chi connectivity index (χ3v) is 4.48. The number of ether oxygens (including phenoxy) is 2. The summed E-state index contributed by atoms with van der Waals surface area (Å²) in [5, 5.41) is 2.94. The number of halogens is 1. The molecule has 1 N–H and O–H groups in total. The van der Waals surface area contributed by atoms with Gasteiger partial charge in [0, 0.05) is 30.9 Å². The summed E-state index contributed by atoms with van der Waals surface area (Å²) in [5.74, 6) is 0.410. The second kappa shape index (κ2) is 6.25. The van der Waals surface area contributed by atoms with Crippen LogP contribution in [0, 0.1) is 5.92 Å². The third-order valence-electron chi connectivity index (χ3n) is 4.18. The van der Waals surface area contributed by atoms with Crippen molar-refractivity contribution in [3.63, 3.8) is 0 Å². The molecule has 1 atom stereocenters. The number of nitrogens with one attached hydrogen (secondary N) is 1. The van der Waals surface area contributed by atoms with E-state index in [4.69, 9.17) is 21.1 Å². The summed E-state index contributed by atoms with van der Waals surface area (Å²) in [7, 11) is 0. The lowest BCUT2D eigenvalue weighted by molar-refractivity contribution is -0.122. The molecule has 128 valence electrons. The second-order valence-electron chi connectivity index (χ2n) is 5.77. The minimum Gasteiger partial charge on any atom is -0.454 e. The summed E-state index contributed by atoms with van der Waals surface area (Å²) in [6.45, 7) is 0.464. The van der Waals surface area contributed by atoms with Gasteiger partial charge in [-0.2, -0.15) is 0 Å². The Hall–Kier alpha value is -2.80. The number of carbonyl (C=O) groups excluding carboxylic acids is 2. The number of aromatic nitrogens is 1. The van der Waals surface area contributed by atoms with E-state index < -0.39 is 5.92 Å². The van der Waals surface area contributed by atoms with Gasteiger partial charge in [-0.15, -0.1) is 0 Å². The standard InChI is InChI=1S/C17H14ClN3O4/c18-16-12(2-1-5-19-16)20-17(23)10-6-15(22)21(8-10)11-3-4-13-14(7-11)25-9-24-13/h1-5,7,10H,6,8-9H2,(H,20,23). The molecule has 1 unspecified atom stereocenters. The highest BCUT2D eigenvalue weighted by Gasteiger charge is 2.36. The summed E-state index contributed by atoms with van der Waals surface area (Å²) >= 11 is 5.95. The Kier molecular flexibility index (Phi) is 3.93. The Morgan fingerprint density at radius 1 is 1.28 bits per heavy atom. The molecule has 8 heteroatoms. The smallest absolute Gasteiger partial charge is 0.231 e. The average molecular weight is 360 g/mol. The van der Waals surface area contributed by atoms with E-state index in [1.54, 1.807) is 41.4 Å². The van der Waals surface area contributed by atoms with Crippen LogP contribution in [0.1, 0.15) is 6.42 Å². The molecule has 2 aliphatic rings. The summed E-state index contributed by atoms with van der Waals surface area (Å²) < 4.78 is 10.6. The van der Waals surface area contributed by atoms with Gasteiger partial charge >= 0.3 is 0 Å². The Morgan fingerprint density at radius 3 is 2.96 bits per heavy atom. The van der Waals surface area contributed by atoms with Crippen LogP contribution in [0.4, 0.5) is 11.4 Å². The fraction of sp³-hybridized carbons (Fsp3) is 0.235. The number of anilines is 2. The zero-order chi connectivity index (χ0) is 17.4. The van der Waals surface area contributed by atoms with Crippen molar-refractivity contribution < 1.29 is 19.1 Å². The second-order valence-corrected chi connectivity index (χ2v) is 6.13. The summed E-state index contributed by atoms with van der Waals surface area (Å²) in [6, 6.07) is 8.63. The molecule has 4 rings (SSSR count). The predicted molar refractivity (Wildman–Crippen MR) is 90.9 cm³/mol. The first-order valence-electron chi connectivity index (χ1n) is 7.73. The molecule has 1 saturated heterocycles. The average Bonchev–Trinajstić information content (AvgIpc) is 3.22. The molecule has 0 bridgehead atoms. The van der Waals surface area contributed by atoms with Crippen molar-refractivity contribution in [2.24, 2.45) is 5.92 Å². The highest BCUT2D eigenvalue weighted by Crippen LogP contribution is 2.37. The topological polar surface area (TPSA) is 80.8 Å². The maximum atomic E-state index is 12.5.